The molecule has 1 aliphatic rings. The maximum atomic E-state index is 12.7. The van der Waals surface area contributed by atoms with Gasteiger partial charge < -0.3 is 15.2 Å². The van der Waals surface area contributed by atoms with Crippen LogP contribution < -0.4 is 5.32 Å². The minimum absolute atomic E-state index is 0.0580. The second-order valence-corrected chi connectivity index (χ2v) is 8.02. The van der Waals surface area contributed by atoms with Gasteiger partial charge in [0.15, 0.2) is 0 Å². The minimum Gasteiger partial charge on any atom is -0.481 e. The molecule has 0 spiro atoms. The first kappa shape index (κ1) is 21.6. The quantitative estimate of drug-likeness (QED) is 0.569. The van der Waals surface area contributed by atoms with Gasteiger partial charge in [0.05, 0.1) is 18.2 Å². The van der Waals surface area contributed by atoms with Crippen LogP contribution in [0.1, 0.15) is 53.4 Å². The molecule has 1 aromatic heterocycles. The third kappa shape index (κ3) is 3.98. The zero-order valence-corrected chi connectivity index (χ0v) is 18.5. The molecule has 0 radical (unpaired) electrons. The second kappa shape index (κ2) is 8.86. The van der Waals surface area contributed by atoms with Crippen molar-refractivity contribution >= 4 is 12.1 Å². The van der Waals surface area contributed by atoms with E-state index in [1.54, 1.807) is 4.68 Å². The number of alkyl carbamates (subject to hydrolysis) is 1. The number of rotatable bonds is 7. The highest BCUT2D eigenvalue weighted by atomic mass is 16.5. The molecule has 1 aliphatic carbocycles. The number of nitrogens with zero attached hydrogens (tertiary/aromatic N) is 2. The van der Waals surface area contributed by atoms with Crippen molar-refractivity contribution in [1.29, 1.82) is 0 Å². The lowest BCUT2D eigenvalue weighted by Gasteiger charge is -2.19. The summed E-state index contributed by atoms with van der Waals surface area (Å²) in [5, 5.41) is 16.6. The molecule has 0 bridgehead atoms. The third-order valence-electron chi connectivity index (χ3n) is 6.10. The summed E-state index contributed by atoms with van der Waals surface area (Å²) in [5.41, 5.74) is 6.82. The normalized spacial score (nSPS) is 13.3. The van der Waals surface area contributed by atoms with Crippen LogP contribution in [-0.2, 0) is 16.1 Å². The number of aromatic nitrogens is 2. The number of aryl methyl sites for hydroxylation is 2. The van der Waals surface area contributed by atoms with Gasteiger partial charge in [-0.2, -0.15) is 5.10 Å². The van der Waals surface area contributed by atoms with Crippen molar-refractivity contribution < 1.29 is 19.4 Å². The van der Waals surface area contributed by atoms with Crippen LogP contribution in [0.25, 0.3) is 11.1 Å². The molecule has 0 saturated heterocycles. The number of carboxylic acids is 1. The molecule has 4 rings (SSSR count). The summed E-state index contributed by atoms with van der Waals surface area (Å²) >= 11 is 0. The minimum atomic E-state index is -1.00. The SMILES string of the molecule is CCn1nc(C)c([C@H](CC(=O)O)NC(=O)OCC2c3ccccc3-c3ccccc32)c1C. The van der Waals surface area contributed by atoms with Gasteiger partial charge in [0.25, 0.3) is 0 Å². The number of ether oxygens (including phenoxy) is 1. The van der Waals surface area contributed by atoms with E-state index in [9.17, 15) is 14.7 Å². The van der Waals surface area contributed by atoms with Crippen LogP contribution >= 0.6 is 0 Å². The third-order valence-corrected chi connectivity index (χ3v) is 6.10. The van der Waals surface area contributed by atoms with Crippen LogP contribution in [-0.4, -0.2) is 33.6 Å². The first-order valence-corrected chi connectivity index (χ1v) is 10.8. The topological polar surface area (TPSA) is 93.5 Å². The van der Waals surface area contributed by atoms with Gasteiger partial charge in [-0.3, -0.25) is 9.48 Å². The van der Waals surface area contributed by atoms with Gasteiger partial charge in [0, 0.05) is 23.7 Å². The van der Waals surface area contributed by atoms with Gasteiger partial charge in [-0.15, -0.1) is 0 Å². The molecule has 7 heteroatoms. The van der Waals surface area contributed by atoms with Crippen LogP contribution in [0.2, 0.25) is 0 Å². The number of carbonyl (C=O) groups excluding carboxylic acids is 1. The van der Waals surface area contributed by atoms with E-state index in [0.717, 1.165) is 33.5 Å². The van der Waals surface area contributed by atoms with E-state index in [2.05, 4.69) is 34.7 Å². The highest BCUT2D eigenvalue weighted by Crippen LogP contribution is 2.44. The maximum Gasteiger partial charge on any atom is 0.407 e. The van der Waals surface area contributed by atoms with Gasteiger partial charge in [0.2, 0.25) is 0 Å². The lowest BCUT2D eigenvalue weighted by molar-refractivity contribution is -0.137. The van der Waals surface area contributed by atoms with E-state index in [4.69, 9.17) is 4.74 Å². The molecular formula is C25H27N3O4. The molecule has 2 N–H and O–H groups in total. The number of carboxylic acid groups (broad SMARTS) is 1. The van der Waals surface area contributed by atoms with Crippen molar-refractivity contribution in [2.75, 3.05) is 6.61 Å². The average Bonchev–Trinajstić information content (AvgIpc) is 3.25. The second-order valence-electron chi connectivity index (χ2n) is 8.02. The highest BCUT2D eigenvalue weighted by molar-refractivity contribution is 5.79. The number of nitrogens with one attached hydrogen (secondary N) is 1. The molecule has 7 nitrogen and oxygen atoms in total. The number of benzene rings is 2. The molecule has 1 heterocycles. The van der Waals surface area contributed by atoms with Gasteiger partial charge in [-0.1, -0.05) is 48.5 Å². The molecule has 3 aromatic rings. The number of carbonyl (C=O) groups is 2. The lowest BCUT2D eigenvalue weighted by Crippen LogP contribution is -2.32. The monoisotopic (exact) mass is 433 g/mol. The van der Waals surface area contributed by atoms with E-state index in [1.165, 1.54) is 0 Å². The van der Waals surface area contributed by atoms with Gasteiger partial charge in [-0.05, 0) is 43.0 Å². The van der Waals surface area contributed by atoms with E-state index in [-0.39, 0.29) is 18.9 Å². The zero-order chi connectivity index (χ0) is 22.8. The molecule has 1 amide bonds. The Hall–Kier alpha value is -3.61. The van der Waals surface area contributed by atoms with Crippen molar-refractivity contribution in [3.63, 3.8) is 0 Å². The van der Waals surface area contributed by atoms with E-state index in [0.29, 0.717) is 12.2 Å². The number of amides is 1. The zero-order valence-electron chi connectivity index (χ0n) is 18.5. The number of fused-ring (bicyclic) bond motifs is 3. The first-order valence-electron chi connectivity index (χ1n) is 10.8. The number of hydrogen-bond acceptors (Lipinski definition) is 4. The molecular weight excluding hydrogens is 406 g/mol. The average molecular weight is 434 g/mol. The summed E-state index contributed by atoms with van der Waals surface area (Å²) in [6.07, 6.45) is -0.887. The summed E-state index contributed by atoms with van der Waals surface area (Å²) in [4.78, 5) is 24.2. The van der Waals surface area contributed by atoms with Gasteiger partial charge in [-0.25, -0.2) is 4.79 Å². The molecule has 0 unspecified atom stereocenters. The Morgan fingerprint density at radius 3 is 2.22 bits per heavy atom. The predicted molar refractivity (Wildman–Crippen MR) is 121 cm³/mol. The summed E-state index contributed by atoms with van der Waals surface area (Å²) in [6.45, 7) is 6.51. The van der Waals surface area contributed by atoms with Crippen molar-refractivity contribution in [3.05, 3.63) is 76.6 Å². The van der Waals surface area contributed by atoms with Crippen LogP contribution in [0.4, 0.5) is 4.79 Å². The van der Waals surface area contributed by atoms with Crippen molar-refractivity contribution in [3.8, 4) is 11.1 Å². The fourth-order valence-electron chi connectivity index (χ4n) is 4.71. The Balaban J connectivity index is 1.51. The molecule has 166 valence electrons. The fourth-order valence-corrected chi connectivity index (χ4v) is 4.71. The van der Waals surface area contributed by atoms with Crippen LogP contribution in [0.15, 0.2) is 48.5 Å². The molecule has 0 aliphatic heterocycles. The predicted octanol–water partition coefficient (Wildman–Crippen LogP) is 4.57. The summed E-state index contributed by atoms with van der Waals surface area (Å²) in [6, 6.07) is 15.5. The van der Waals surface area contributed by atoms with E-state index < -0.39 is 18.1 Å². The van der Waals surface area contributed by atoms with Gasteiger partial charge >= 0.3 is 12.1 Å². The maximum absolute atomic E-state index is 12.7. The Labute approximate surface area is 187 Å². The van der Waals surface area contributed by atoms with E-state index >= 15 is 0 Å². The van der Waals surface area contributed by atoms with Crippen LogP contribution in [0.5, 0.6) is 0 Å². The molecule has 0 fully saturated rings. The molecule has 32 heavy (non-hydrogen) atoms. The number of aliphatic carboxylic acids is 1. The summed E-state index contributed by atoms with van der Waals surface area (Å²) in [7, 11) is 0. The van der Waals surface area contributed by atoms with Crippen LogP contribution in [0, 0.1) is 13.8 Å². The number of hydrogen-bond donors (Lipinski definition) is 2. The summed E-state index contributed by atoms with van der Waals surface area (Å²) < 4.78 is 7.42. The van der Waals surface area contributed by atoms with E-state index in [1.807, 2.05) is 45.0 Å². The largest absolute Gasteiger partial charge is 0.481 e. The molecule has 2 aromatic carbocycles. The van der Waals surface area contributed by atoms with Crippen LogP contribution in [0.3, 0.4) is 0 Å². The van der Waals surface area contributed by atoms with Crippen molar-refractivity contribution in [2.45, 2.75) is 45.7 Å². The fraction of sp³-hybridized carbons (Fsp3) is 0.320. The highest BCUT2D eigenvalue weighted by Gasteiger charge is 2.30. The summed E-state index contributed by atoms with van der Waals surface area (Å²) in [5.74, 6) is -1.06. The standard InChI is InChI=1S/C25H27N3O4/c1-4-28-16(3)24(15(2)27-28)22(13-23(29)30)26-25(31)32-14-21-19-11-7-5-9-17(19)18-10-6-8-12-20(18)21/h5-12,21-22H,4,13-14H2,1-3H3,(H,26,31)(H,29,30)/t22-/m0/s1. The Morgan fingerprint density at radius 1 is 1.09 bits per heavy atom. The smallest absolute Gasteiger partial charge is 0.407 e. The molecule has 0 saturated carbocycles. The molecule has 1 atom stereocenters. The van der Waals surface area contributed by atoms with Crippen molar-refractivity contribution in [2.24, 2.45) is 0 Å². The Bertz CT molecular complexity index is 1120. The Morgan fingerprint density at radius 2 is 1.69 bits per heavy atom. The van der Waals surface area contributed by atoms with Crippen molar-refractivity contribution in [1.82, 2.24) is 15.1 Å². The first-order chi connectivity index (χ1) is 15.4. The van der Waals surface area contributed by atoms with Gasteiger partial charge in [0.1, 0.15) is 6.61 Å². The lowest BCUT2D eigenvalue weighted by atomic mass is 9.98. The Kier molecular flexibility index (Phi) is 5.99.